The number of nitrogens with one attached hydrogen (secondary N) is 2. The van der Waals surface area contributed by atoms with Crippen LogP contribution in [0.25, 0.3) is 10.8 Å². The topological polar surface area (TPSA) is 83.7 Å². The van der Waals surface area contributed by atoms with E-state index >= 15 is 0 Å². The molecule has 0 saturated carbocycles. The molecule has 3 aromatic carbocycles. The molecule has 2 N–H and O–H groups in total. The van der Waals surface area contributed by atoms with Gasteiger partial charge in [0, 0.05) is 15.7 Å². The van der Waals surface area contributed by atoms with Crippen molar-refractivity contribution in [2.45, 2.75) is 5.09 Å². The maximum Gasteiger partial charge on any atom is 0.271 e. The SMILES string of the molecule is O=C(CSc1ccc(/C=N/NC(=O)c2cccc(Br)c2)o1)Nc1ccc2ccccc2c1. The Bertz CT molecular complexity index is 1300. The van der Waals surface area contributed by atoms with E-state index in [1.54, 1.807) is 30.3 Å². The van der Waals surface area contributed by atoms with E-state index in [-0.39, 0.29) is 17.6 Å². The molecular weight excluding hydrogens is 490 g/mol. The van der Waals surface area contributed by atoms with Gasteiger partial charge in [-0.05, 0) is 53.2 Å². The lowest BCUT2D eigenvalue weighted by Crippen LogP contribution is -2.17. The smallest absolute Gasteiger partial charge is 0.271 e. The van der Waals surface area contributed by atoms with Gasteiger partial charge in [-0.15, -0.1) is 0 Å². The van der Waals surface area contributed by atoms with Crippen molar-refractivity contribution in [1.29, 1.82) is 0 Å². The Balaban J connectivity index is 1.26. The molecule has 0 spiro atoms. The molecule has 4 rings (SSSR count). The minimum Gasteiger partial charge on any atom is -0.449 e. The van der Waals surface area contributed by atoms with E-state index in [9.17, 15) is 9.59 Å². The molecule has 0 atom stereocenters. The summed E-state index contributed by atoms with van der Waals surface area (Å²) in [7, 11) is 0. The van der Waals surface area contributed by atoms with E-state index in [1.807, 2.05) is 48.5 Å². The van der Waals surface area contributed by atoms with E-state index < -0.39 is 0 Å². The second-order valence-corrected chi connectivity index (χ2v) is 8.66. The minimum atomic E-state index is -0.325. The molecule has 0 aliphatic rings. The highest BCUT2D eigenvalue weighted by atomic mass is 79.9. The van der Waals surface area contributed by atoms with Crippen LogP contribution in [0.1, 0.15) is 16.1 Å². The van der Waals surface area contributed by atoms with Gasteiger partial charge >= 0.3 is 0 Å². The normalized spacial score (nSPS) is 11.0. The zero-order valence-corrected chi connectivity index (χ0v) is 19.2. The summed E-state index contributed by atoms with van der Waals surface area (Å²) in [6, 6.07) is 24.3. The van der Waals surface area contributed by atoms with Crippen LogP contribution in [0, 0.1) is 0 Å². The lowest BCUT2D eigenvalue weighted by molar-refractivity contribution is -0.113. The first-order valence-corrected chi connectivity index (χ1v) is 11.4. The number of fused-ring (bicyclic) bond motifs is 1. The highest BCUT2D eigenvalue weighted by Crippen LogP contribution is 2.22. The van der Waals surface area contributed by atoms with Gasteiger partial charge in [0.2, 0.25) is 5.91 Å². The molecule has 1 heterocycles. The molecule has 160 valence electrons. The minimum absolute atomic E-state index is 0.127. The van der Waals surface area contributed by atoms with Gasteiger partial charge in [0.05, 0.1) is 12.0 Å². The zero-order valence-electron chi connectivity index (χ0n) is 16.7. The lowest BCUT2D eigenvalue weighted by Gasteiger charge is -2.06. The van der Waals surface area contributed by atoms with Crippen molar-refractivity contribution >= 4 is 62.2 Å². The molecule has 1 aromatic heterocycles. The van der Waals surface area contributed by atoms with Crippen LogP contribution >= 0.6 is 27.7 Å². The Kier molecular flexibility index (Phi) is 7.03. The fourth-order valence-corrected chi connectivity index (χ4v) is 4.00. The number of carbonyl (C=O) groups is 2. The van der Waals surface area contributed by atoms with E-state index in [4.69, 9.17) is 4.42 Å². The summed E-state index contributed by atoms with van der Waals surface area (Å²) in [4.78, 5) is 24.4. The number of hydrogen-bond acceptors (Lipinski definition) is 5. The third-order valence-electron chi connectivity index (χ3n) is 4.43. The summed E-state index contributed by atoms with van der Waals surface area (Å²) in [5.74, 6) is 0.223. The number of halogens is 1. The number of thioether (sulfide) groups is 1. The van der Waals surface area contributed by atoms with Gasteiger partial charge in [0.15, 0.2) is 5.09 Å². The van der Waals surface area contributed by atoms with Gasteiger partial charge in [-0.3, -0.25) is 9.59 Å². The second kappa shape index (κ2) is 10.3. The largest absolute Gasteiger partial charge is 0.449 e. The highest BCUT2D eigenvalue weighted by molar-refractivity contribution is 9.10. The lowest BCUT2D eigenvalue weighted by atomic mass is 10.1. The van der Waals surface area contributed by atoms with Crippen molar-refractivity contribution in [3.05, 3.63) is 94.7 Å². The molecule has 32 heavy (non-hydrogen) atoms. The summed E-state index contributed by atoms with van der Waals surface area (Å²) in [5, 5.41) is 9.59. The van der Waals surface area contributed by atoms with Crippen LogP contribution in [-0.2, 0) is 4.79 Å². The first-order valence-electron chi connectivity index (χ1n) is 9.67. The van der Waals surface area contributed by atoms with Gasteiger partial charge in [0.25, 0.3) is 5.91 Å². The maximum absolute atomic E-state index is 12.3. The molecule has 2 amide bonds. The van der Waals surface area contributed by atoms with Crippen LogP contribution in [0.3, 0.4) is 0 Å². The quantitative estimate of drug-likeness (QED) is 0.191. The van der Waals surface area contributed by atoms with Crippen molar-refractivity contribution in [2.75, 3.05) is 11.1 Å². The van der Waals surface area contributed by atoms with E-state index in [0.29, 0.717) is 16.4 Å². The Labute approximate surface area is 197 Å². The molecular formula is C24H18BrN3O3S. The van der Waals surface area contributed by atoms with Crippen molar-refractivity contribution in [1.82, 2.24) is 5.43 Å². The Hall–Kier alpha value is -3.36. The average Bonchev–Trinajstić information content (AvgIpc) is 3.25. The monoisotopic (exact) mass is 507 g/mol. The number of carbonyl (C=O) groups excluding carboxylic acids is 2. The fraction of sp³-hybridized carbons (Fsp3) is 0.0417. The predicted octanol–water partition coefficient (Wildman–Crippen LogP) is 5.69. The van der Waals surface area contributed by atoms with Crippen LogP contribution in [0.5, 0.6) is 0 Å². The van der Waals surface area contributed by atoms with Crippen LogP contribution < -0.4 is 10.7 Å². The zero-order chi connectivity index (χ0) is 22.3. The van der Waals surface area contributed by atoms with Crippen molar-refractivity contribution in [2.24, 2.45) is 5.10 Å². The highest BCUT2D eigenvalue weighted by Gasteiger charge is 2.08. The van der Waals surface area contributed by atoms with E-state index in [2.05, 4.69) is 31.8 Å². The summed E-state index contributed by atoms with van der Waals surface area (Å²) in [5.41, 5.74) is 3.70. The predicted molar refractivity (Wildman–Crippen MR) is 131 cm³/mol. The number of benzene rings is 3. The number of hydrazone groups is 1. The molecule has 0 aliphatic carbocycles. The molecule has 0 aliphatic heterocycles. The van der Waals surface area contributed by atoms with Crippen molar-refractivity contribution in [3.8, 4) is 0 Å². The molecule has 8 heteroatoms. The Morgan fingerprint density at radius 3 is 2.66 bits per heavy atom. The molecule has 0 fully saturated rings. The maximum atomic E-state index is 12.3. The average molecular weight is 508 g/mol. The number of hydrogen-bond donors (Lipinski definition) is 2. The molecule has 0 radical (unpaired) electrons. The fourth-order valence-electron chi connectivity index (χ4n) is 2.93. The first-order chi connectivity index (χ1) is 15.6. The number of nitrogens with zero attached hydrogens (tertiary/aromatic N) is 1. The first kappa shape index (κ1) is 21.9. The second-order valence-electron chi connectivity index (χ2n) is 6.77. The molecule has 0 saturated heterocycles. The molecule has 4 aromatic rings. The van der Waals surface area contributed by atoms with Gasteiger partial charge < -0.3 is 9.73 Å². The van der Waals surface area contributed by atoms with E-state index in [1.165, 1.54) is 18.0 Å². The van der Waals surface area contributed by atoms with Crippen LogP contribution in [-0.4, -0.2) is 23.8 Å². The van der Waals surface area contributed by atoms with Crippen molar-refractivity contribution in [3.63, 3.8) is 0 Å². The van der Waals surface area contributed by atoms with E-state index in [0.717, 1.165) is 20.9 Å². The summed E-state index contributed by atoms with van der Waals surface area (Å²) in [6.45, 7) is 0. The van der Waals surface area contributed by atoms with Crippen LogP contribution in [0.15, 0.2) is 97.9 Å². The standard InChI is InChI=1S/C24H18BrN3O3S/c25-19-7-3-6-18(12-19)24(30)28-26-14-21-10-11-23(31-21)32-15-22(29)27-20-9-8-16-4-1-2-5-17(16)13-20/h1-14H,15H2,(H,27,29)(H,28,30)/b26-14+. The number of amides is 2. The third-order valence-corrected chi connectivity index (χ3v) is 5.83. The van der Waals surface area contributed by atoms with Gasteiger partial charge in [-0.25, -0.2) is 5.43 Å². The Morgan fingerprint density at radius 2 is 1.81 bits per heavy atom. The Morgan fingerprint density at radius 1 is 0.969 bits per heavy atom. The molecule has 6 nitrogen and oxygen atoms in total. The van der Waals surface area contributed by atoms with Gasteiger partial charge in [0.1, 0.15) is 5.76 Å². The summed E-state index contributed by atoms with van der Waals surface area (Å²) < 4.78 is 6.43. The van der Waals surface area contributed by atoms with Crippen LogP contribution in [0.4, 0.5) is 5.69 Å². The van der Waals surface area contributed by atoms with Crippen LogP contribution in [0.2, 0.25) is 0 Å². The van der Waals surface area contributed by atoms with Gasteiger partial charge in [-0.1, -0.05) is 64.1 Å². The van der Waals surface area contributed by atoms with Crippen molar-refractivity contribution < 1.29 is 14.0 Å². The number of anilines is 1. The molecule has 0 bridgehead atoms. The number of furan rings is 1. The summed E-state index contributed by atoms with van der Waals surface area (Å²) >= 11 is 4.60. The van der Waals surface area contributed by atoms with Gasteiger partial charge in [-0.2, -0.15) is 5.10 Å². The molecule has 0 unspecified atom stereocenters. The number of rotatable bonds is 7. The third kappa shape index (κ3) is 5.87. The summed E-state index contributed by atoms with van der Waals surface area (Å²) in [6.07, 6.45) is 1.41.